The van der Waals surface area contributed by atoms with Crippen LogP contribution in [0, 0.1) is 5.41 Å². The number of phenolic OH excluding ortho intramolecular Hbond substituents is 1. The van der Waals surface area contributed by atoms with Gasteiger partial charge in [-0.15, -0.1) is 0 Å². The third kappa shape index (κ3) is 4.33. The van der Waals surface area contributed by atoms with E-state index >= 15 is 0 Å². The third-order valence-electron chi connectivity index (χ3n) is 2.67. The molecule has 0 aliphatic rings. The first-order valence-corrected chi connectivity index (χ1v) is 6.06. The van der Waals surface area contributed by atoms with Gasteiger partial charge in [0.05, 0.1) is 11.4 Å². The monoisotopic (exact) mass is 266 g/mol. The second kappa shape index (κ2) is 5.82. The molecule has 0 bridgehead atoms. The number of hydrogen-bond donors (Lipinski definition) is 3. The molecular weight excluding hydrogens is 248 g/mol. The Bertz CT molecular complexity index is 458. The number of benzene rings is 1. The van der Waals surface area contributed by atoms with E-state index in [1.165, 1.54) is 0 Å². The maximum absolute atomic E-state index is 11.7. The number of hydrogen-bond acceptors (Lipinski definition) is 3. The van der Waals surface area contributed by atoms with Crippen LogP contribution in [-0.2, 0) is 11.2 Å². The lowest BCUT2D eigenvalue weighted by Crippen LogP contribution is -2.41. The molecule has 0 spiro atoms. The van der Waals surface area contributed by atoms with Crippen LogP contribution in [0.3, 0.4) is 0 Å². The number of carbonyl (C=O) groups excluding carboxylic acids is 1. The first-order valence-electron chi connectivity index (χ1n) is 5.66. The standard InChI is InChI=1S/C13H18N2O2S/c1-13(2,12(14)18)8-15-11(17)7-9-4-3-5-10(16)6-9/h3-6,16H,7-8H2,1-2H3,(H2,14,18)(H,15,17). The number of thiocarbonyl (C=S) groups is 1. The van der Waals surface area contributed by atoms with Crippen LogP contribution < -0.4 is 11.1 Å². The van der Waals surface area contributed by atoms with E-state index in [9.17, 15) is 9.90 Å². The molecule has 0 atom stereocenters. The van der Waals surface area contributed by atoms with Crippen molar-refractivity contribution in [2.45, 2.75) is 20.3 Å². The molecule has 0 fully saturated rings. The van der Waals surface area contributed by atoms with Crippen molar-refractivity contribution in [3.05, 3.63) is 29.8 Å². The average molecular weight is 266 g/mol. The summed E-state index contributed by atoms with van der Waals surface area (Å²) in [5.41, 5.74) is 5.94. The minimum atomic E-state index is -0.399. The van der Waals surface area contributed by atoms with Gasteiger partial charge in [-0.25, -0.2) is 0 Å². The zero-order chi connectivity index (χ0) is 13.8. The minimum Gasteiger partial charge on any atom is -0.508 e. The number of carbonyl (C=O) groups is 1. The molecule has 98 valence electrons. The number of phenols is 1. The molecule has 0 heterocycles. The van der Waals surface area contributed by atoms with Crippen molar-refractivity contribution in [1.82, 2.24) is 5.32 Å². The summed E-state index contributed by atoms with van der Waals surface area (Å²) in [6.45, 7) is 4.16. The van der Waals surface area contributed by atoms with Crippen molar-refractivity contribution in [1.29, 1.82) is 0 Å². The normalized spacial score (nSPS) is 11.0. The van der Waals surface area contributed by atoms with Crippen LogP contribution in [0.5, 0.6) is 5.75 Å². The molecule has 4 N–H and O–H groups in total. The fraction of sp³-hybridized carbons (Fsp3) is 0.385. The van der Waals surface area contributed by atoms with Gasteiger partial charge >= 0.3 is 0 Å². The summed E-state index contributed by atoms with van der Waals surface area (Å²) in [5, 5.41) is 12.1. The summed E-state index contributed by atoms with van der Waals surface area (Å²) in [4.78, 5) is 12.1. The van der Waals surface area contributed by atoms with Gasteiger partial charge in [0.1, 0.15) is 5.75 Å². The van der Waals surface area contributed by atoms with Gasteiger partial charge in [0.2, 0.25) is 5.91 Å². The zero-order valence-electron chi connectivity index (χ0n) is 10.6. The summed E-state index contributed by atoms with van der Waals surface area (Å²) < 4.78 is 0. The fourth-order valence-electron chi connectivity index (χ4n) is 1.32. The topological polar surface area (TPSA) is 75.3 Å². The summed E-state index contributed by atoms with van der Waals surface area (Å²) in [5.74, 6) is 0.0358. The van der Waals surface area contributed by atoms with Crippen LogP contribution in [-0.4, -0.2) is 22.5 Å². The molecule has 1 amide bonds. The van der Waals surface area contributed by atoms with E-state index in [-0.39, 0.29) is 18.1 Å². The molecule has 0 saturated heterocycles. The number of nitrogens with two attached hydrogens (primary N) is 1. The first-order chi connectivity index (χ1) is 8.31. The molecule has 5 heteroatoms. The molecule has 0 aromatic heterocycles. The van der Waals surface area contributed by atoms with E-state index in [2.05, 4.69) is 5.32 Å². The van der Waals surface area contributed by atoms with Gasteiger partial charge in [-0.1, -0.05) is 38.2 Å². The fourth-order valence-corrected chi connectivity index (χ4v) is 1.39. The summed E-state index contributed by atoms with van der Waals surface area (Å²) >= 11 is 4.92. The molecule has 0 aliphatic heterocycles. The average Bonchev–Trinajstić information content (AvgIpc) is 2.26. The van der Waals surface area contributed by atoms with Gasteiger partial charge in [0, 0.05) is 12.0 Å². The molecule has 0 saturated carbocycles. The van der Waals surface area contributed by atoms with E-state index < -0.39 is 5.41 Å². The van der Waals surface area contributed by atoms with E-state index in [1.54, 1.807) is 24.3 Å². The number of amides is 1. The van der Waals surface area contributed by atoms with Gasteiger partial charge < -0.3 is 16.2 Å². The van der Waals surface area contributed by atoms with E-state index in [0.717, 1.165) is 5.56 Å². The molecule has 0 aliphatic carbocycles. The van der Waals surface area contributed by atoms with Crippen molar-refractivity contribution in [2.24, 2.45) is 11.1 Å². The lowest BCUT2D eigenvalue weighted by molar-refractivity contribution is -0.120. The molecule has 0 radical (unpaired) electrons. The third-order valence-corrected chi connectivity index (χ3v) is 3.22. The van der Waals surface area contributed by atoms with Crippen LogP contribution >= 0.6 is 12.2 Å². The molecular formula is C13H18N2O2S. The van der Waals surface area contributed by atoms with Crippen LogP contribution in [0.4, 0.5) is 0 Å². The molecule has 1 aromatic carbocycles. The van der Waals surface area contributed by atoms with Crippen molar-refractivity contribution in [2.75, 3.05) is 6.54 Å². The zero-order valence-corrected chi connectivity index (χ0v) is 11.4. The Kier molecular flexibility index (Phi) is 4.67. The summed E-state index contributed by atoms with van der Waals surface area (Å²) in [6, 6.07) is 6.63. The van der Waals surface area contributed by atoms with Gasteiger partial charge in [-0.3, -0.25) is 4.79 Å². The lowest BCUT2D eigenvalue weighted by atomic mass is 9.93. The molecule has 4 nitrogen and oxygen atoms in total. The highest BCUT2D eigenvalue weighted by Gasteiger charge is 2.21. The number of nitrogens with one attached hydrogen (secondary N) is 1. The predicted molar refractivity (Wildman–Crippen MR) is 75.4 cm³/mol. The van der Waals surface area contributed by atoms with Gasteiger partial charge in [0.15, 0.2) is 0 Å². The second-order valence-electron chi connectivity index (χ2n) is 4.87. The van der Waals surface area contributed by atoms with Crippen LogP contribution in [0.1, 0.15) is 19.4 Å². The Morgan fingerprint density at radius 2 is 2.17 bits per heavy atom. The SMILES string of the molecule is CC(C)(CNC(=O)Cc1cccc(O)c1)C(N)=S. The van der Waals surface area contributed by atoms with E-state index in [1.807, 2.05) is 13.8 Å². The first kappa shape index (κ1) is 14.4. The Morgan fingerprint density at radius 1 is 1.50 bits per heavy atom. The van der Waals surface area contributed by atoms with Crippen molar-refractivity contribution in [3.63, 3.8) is 0 Å². The minimum absolute atomic E-state index is 0.120. The van der Waals surface area contributed by atoms with Crippen molar-refractivity contribution >= 4 is 23.1 Å². The largest absolute Gasteiger partial charge is 0.508 e. The number of aromatic hydroxyl groups is 1. The van der Waals surface area contributed by atoms with E-state index in [4.69, 9.17) is 18.0 Å². The molecule has 1 aromatic rings. The number of rotatable bonds is 5. The lowest BCUT2D eigenvalue weighted by Gasteiger charge is -2.23. The smallest absolute Gasteiger partial charge is 0.224 e. The maximum Gasteiger partial charge on any atom is 0.224 e. The Morgan fingerprint density at radius 3 is 2.72 bits per heavy atom. The Hall–Kier alpha value is -1.62. The summed E-state index contributed by atoms with van der Waals surface area (Å²) in [6.07, 6.45) is 0.224. The maximum atomic E-state index is 11.7. The quantitative estimate of drug-likeness (QED) is 0.703. The van der Waals surface area contributed by atoms with Gasteiger partial charge in [-0.2, -0.15) is 0 Å². The van der Waals surface area contributed by atoms with Gasteiger partial charge in [0.25, 0.3) is 0 Å². The molecule has 18 heavy (non-hydrogen) atoms. The van der Waals surface area contributed by atoms with Crippen molar-refractivity contribution in [3.8, 4) is 5.75 Å². The predicted octanol–water partition coefficient (Wildman–Crippen LogP) is 1.36. The van der Waals surface area contributed by atoms with Gasteiger partial charge in [-0.05, 0) is 17.7 Å². The Balaban J connectivity index is 2.50. The van der Waals surface area contributed by atoms with Crippen LogP contribution in [0.2, 0.25) is 0 Å². The highest BCUT2D eigenvalue weighted by molar-refractivity contribution is 7.80. The van der Waals surface area contributed by atoms with Crippen LogP contribution in [0.15, 0.2) is 24.3 Å². The second-order valence-corrected chi connectivity index (χ2v) is 5.31. The van der Waals surface area contributed by atoms with Crippen LogP contribution in [0.25, 0.3) is 0 Å². The molecule has 1 rings (SSSR count). The van der Waals surface area contributed by atoms with E-state index in [0.29, 0.717) is 11.5 Å². The Labute approximate surface area is 112 Å². The molecule has 0 unspecified atom stereocenters. The van der Waals surface area contributed by atoms with Crippen molar-refractivity contribution < 1.29 is 9.90 Å². The highest BCUT2D eigenvalue weighted by atomic mass is 32.1. The summed E-state index contributed by atoms with van der Waals surface area (Å²) in [7, 11) is 0. The highest BCUT2D eigenvalue weighted by Crippen LogP contribution is 2.14.